The molecule has 0 aliphatic carbocycles. The number of nitrogens with zero attached hydrogens (tertiary/aromatic N) is 6. The van der Waals surface area contributed by atoms with Gasteiger partial charge in [0.05, 0.1) is 29.5 Å². The maximum absolute atomic E-state index is 14.0. The van der Waals surface area contributed by atoms with Crippen LogP contribution in [0.2, 0.25) is 5.02 Å². The predicted octanol–water partition coefficient (Wildman–Crippen LogP) is 7.41. The Labute approximate surface area is 264 Å². The number of nitrogens with one attached hydrogen (secondary N) is 1. The van der Waals surface area contributed by atoms with Crippen molar-refractivity contribution < 1.29 is 26.8 Å². The Morgan fingerprint density at radius 1 is 1.04 bits per heavy atom. The SMILES string of the molecule is C[C@@H]1CCCC[C@H](c2ccc(-c3cc(Cl)ccc3-n3cc(C(F)F)nn3)oc2=O)c2cc(ccn2)-c2c(cnn2C(F)F)NC1=O. The molecule has 1 N–H and O–H groups in total. The highest BCUT2D eigenvalue weighted by Crippen LogP contribution is 2.37. The number of anilines is 1. The van der Waals surface area contributed by atoms with Crippen molar-refractivity contribution in [1.29, 1.82) is 0 Å². The van der Waals surface area contributed by atoms with Gasteiger partial charge in [-0.3, -0.25) is 9.78 Å². The summed E-state index contributed by atoms with van der Waals surface area (Å²) in [7, 11) is 0. The molecule has 15 heteroatoms. The third kappa shape index (κ3) is 6.16. The number of hydrogen-bond donors (Lipinski definition) is 1. The number of amides is 1. The lowest BCUT2D eigenvalue weighted by molar-refractivity contribution is -0.119. The summed E-state index contributed by atoms with van der Waals surface area (Å²) in [5, 5.41) is 14.1. The maximum atomic E-state index is 14.0. The first-order valence-corrected chi connectivity index (χ1v) is 14.8. The van der Waals surface area contributed by atoms with Gasteiger partial charge in [-0.25, -0.2) is 22.9 Å². The number of rotatable bonds is 5. The molecule has 0 fully saturated rings. The van der Waals surface area contributed by atoms with Crippen molar-refractivity contribution in [3.63, 3.8) is 0 Å². The van der Waals surface area contributed by atoms with E-state index in [2.05, 4.69) is 25.7 Å². The summed E-state index contributed by atoms with van der Waals surface area (Å²) < 4.78 is 61.8. The summed E-state index contributed by atoms with van der Waals surface area (Å²) in [5.41, 5.74) is 0.609. The Morgan fingerprint density at radius 3 is 2.59 bits per heavy atom. The molecule has 0 saturated carbocycles. The summed E-state index contributed by atoms with van der Waals surface area (Å²) in [6.45, 7) is -1.22. The fourth-order valence-corrected chi connectivity index (χ4v) is 5.73. The first-order chi connectivity index (χ1) is 22.1. The van der Waals surface area contributed by atoms with E-state index in [1.54, 1.807) is 31.2 Å². The highest BCUT2D eigenvalue weighted by atomic mass is 35.5. The fourth-order valence-electron chi connectivity index (χ4n) is 5.55. The molecule has 0 radical (unpaired) electrons. The summed E-state index contributed by atoms with van der Waals surface area (Å²) in [6.07, 6.45) is 3.15. The average Bonchev–Trinajstić information content (AvgIpc) is 3.69. The Balaban J connectivity index is 1.43. The van der Waals surface area contributed by atoms with Crippen molar-refractivity contribution in [3.05, 3.63) is 93.4 Å². The third-order valence-electron chi connectivity index (χ3n) is 7.91. The number of alkyl halides is 4. The van der Waals surface area contributed by atoms with Crippen LogP contribution in [0, 0.1) is 5.92 Å². The minimum atomic E-state index is -2.98. The van der Waals surface area contributed by atoms with Crippen LogP contribution in [0.4, 0.5) is 23.2 Å². The molecular formula is C31H26ClF4N7O3. The molecule has 0 saturated heterocycles. The van der Waals surface area contributed by atoms with Gasteiger partial charge in [0.25, 0.3) is 6.43 Å². The van der Waals surface area contributed by atoms with E-state index in [4.69, 9.17) is 16.0 Å². The number of carbonyl (C=O) groups excluding carboxylic acids is 1. The van der Waals surface area contributed by atoms with Crippen molar-refractivity contribution in [3.8, 4) is 28.3 Å². The monoisotopic (exact) mass is 655 g/mol. The molecule has 5 heterocycles. The largest absolute Gasteiger partial charge is 0.422 e. The molecule has 4 aromatic heterocycles. The second-order valence-corrected chi connectivity index (χ2v) is 11.4. The van der Waals surface area contributed by atoms with Gasteiger partial charge in [0.15, 0.2) is 0 Å². The number of carbonyl (C=O) groups is 1. The maximum Gasteiger partial charge on any atom is 0.340 e. The Bertz CT molecular complexity index is 1960. The molecule has 2 atom stereocenters. The first-order valence-electron chi connectivity index (χ1n) is 14.4. The van der Waals surface area contributed by atoms with Crippen molar-refractivity contribution in [2.45, 2.75) is 51.5 Å². The van der Waals surface area contributed by atoms with Crippen LogP contribution in [0.1, 0.15) is 68.5 Å². The molecule has 2 bridgehead atoms. The van der Waals surface area contributed by atoms with E-state index in [1.807, 2.05) is 0 Å². The molecular weight excluding hydrogens is 630 g/mol. The zero-order valence-electron chi connectivity index (χ0n) is 24.2. The standard InChI is InChI=1S/C31H26ClF4N7O3/c1-16-4-2-3-5-19(22-12-17(10-11-37-22)27-23(39-29(16)44)14-38-43(27)31(35)36)20-7-9-26(46-30(20)45)21-13-18(32)6-8-25(21)42-15-24(28(33)34)40-41-42/h6-16,19,28,31H,2-5H2,1H3,(H,39,44)/t16-,19-/m1/s1. The minimum Gasteiger partial charge on any atom is -0.422 e. The van der Waals surface area contributed by atoms with Gasteiger partial charge < -0.3 is 9.73 Å². The van der Waals surface area contributed by atoms with E-state index >= 15 is 0 Å². The van der Waals surface area contributed by atoms with Gasteiger partial charge in [-0.2, -0.15) is 13.9 Å². The second kappa shape index (κ2) is 12.9. The van der Waals surface area contributed by atoms with Gasteiger partial charge in [-0.05, 0) is 55.3 Å². The molecule has 0 spiro atoms. The van der Waals surface area contributed by atoms with Crippen LogP contribution in [0.15, 0.2) is 70.3 Å². The van der Waals surface area contributed by atoms with E-state index < -0.39 is 36.1 Å². The van der Waals surface area contributed by atoms with E-state index in [1.165, 1.54) is 30.6 Å². The number of aromatic nitrogens is 6. The third-order valence-corrected chi connectivity index (χ3v) is 8.15. The minimum absolute atomic E-state index is 0.0103. The number of fused-ring (bicyclic) bond motifs is 4. The summed E-state index contributed by atoms with van der Waals surface area (Å²) in [4.78, 5) is 31.0. The quantitative estimate of drug-likeness (QED) is 0.196. The molecule has 238 valence electrons. The van der Waals surface area contributed by atoms with Gasteiger partial charge in [-0.15, -0.1) is 5.10 Å². The van der Waals surface area contributed by atoms with Crippen molar-refractivity contribution >= 4 is 23.2 Å². The van der Waals surface area contributed by atoms with Crippen LogP contribution >= 0.6 is 11.6 Å². The molecule has 1 aromatic carbocycles. The smallest absolute Gasteiger partial charge is 0.340 e. The Morgan fingerprint density at radius 2 is 1.85 bits per heavy atom. The van der Waals surface area contributed by atoms with Crippen LogP contribution in [0.5, 0.6) is 0 Å². The number of pyridine rings is 1. The zero-order chi connectivity index (χ0) is 32.5. The van der Waals surface area contributed by atoms with Crippen LogP contribution in [-0.2, 0) is 4.79 Å². The summed E-state index contributed by atoms with van der Waals surface area (Å²) in [5.74, 6) is -1.19. The molecule has 6 rings (SSSR count). The number of benzene rings is 1. The van der Waals surface area contributed by atoms with Crippen molar-refractivity contribution in [1.82, 2.24) is 29.8 Å². The van der Waals surface area contributed by atoms with Gasteiger partial charge in [-0.1, -0.05) is 36.6 Å². The summed E-state index contributed by atoms with van der Waals surface area (Å²) in [6, 6.07) is 10.9. The van der Waals surface area contributed by atoms with Crippen LogP contribution in [0.3, 0.4) is 0 Å². The average molecular weight is 656 g/mol. The normalized spacial score (nSPS) is 17.3. The predicted molar refractivity (Wildman–Crippen MR) is 160 cm³/mol. The highest BCUT2D eigenvalue weighted by Gasteiger charge is 2.27. The van der Waals surface area contributed by atoms with E-state index in [0.717, 1.165) is 10.9 Å². The van der Waals surface area contributed by atoms with Gasteiger partial charge >= 0.3 is 12.2 Å². The lowest BCUT2D eigenvalue weighted by atomic mass is 9.89. The molecule has 1 aliphatic rings. The van der Waals surface area contributed by atoms with Crippen molar-refractivity contribution in [2.24, 2.45) is 5.92 Å². The van der Waals surface area contributed by atoms with Gasteiger partial charge in [0.1, 0.15) is 11.5 Å². The molecule has 10 nitrogen and oxygen atoms in total. The van der Waals surface area contributed by atoms with Crippen LogP contribution in [-0.4, -0.2) is 35.7 Å². The zero-order valence-corrected chi connectivity index (χ0v) is 25.0. The van der Waals surface area contributed by atoms with Crippen LogP contribution < -0.4 is 10.9 Å². The molecule has 1 amide bonds. The lowest BCUT2D eigenvalue weighted by Gasteiger charge is -2.18. The highest BCUT2D eigenvalue weighted by molar-refractivity contribution is 6.31. The topological polar surface area (TPSA) is 121 Å². The second-order valence-electron chi connectivity index (χ2n) is 10.9. The Hall–Kier alpha value is -4.85. The van der Waals surface area contributed by atoms with Crippen molar-refractivity contribution in [2.75, 3.05) is 5.32 Å². The number of halogens is 5. The molecule has 0 unspecified atom stereocenters. The first kappa shape index (κ1) is 31.1. The van der Waals surface area contributed by atoms with E-state index in [-0.39, 0.29) is 28.6 Å². The molecule has 46 heavy (non-hydrogen) atoms. The lowest BCUT2D eigenvalue weighted by Crippen LogP contribution is -2.20. The molecule has 5 aromatic rings. The van der Waals surface area contributed by atoms with E-state index in [0.29, 0.717) is 57.9 Å². The summed E-state index contributed by atoms with van der Waals surface area (Å²) >= 11 is 6.24. The number of hydrogen-bond acceptors (Lipinski definition) is 7. The van der Waals surface area contributed by atoms with Gasteiger partial charge in [0.2, 0.25) is 5.91 Å². The molecule has 1 aliphatic heterocycles. The van der Waals surface area contributed by atoms with E-state index in [9.17, 15) is 27.2 Å². The van der Waals surface area contributed by atoms with Crippen LogP contribution in [0.25, 0.3) is 28.3 Å². The Kier molecular flexibility index (Phi) is 8.71. The van der Waals surface area contributed by atoms with Gasteiger partial charge in [0, 0.05) is 45.4 Å². The fraction of sp³-hybridized carbons (Fsp3) is 0.290.